The molecule has 0 aliphatic rings. The number of rotatable bonds is 0. The molecule has 0 aromatic carbocycles. The van der Waals surface area contributed by atoms with Crippen LogP contribution in [0.4, 0.5) is 0 Å². The van der Waals surface area contributed by atoms with Crippen molar-refractivity contribution in [2.24, 2.45) is 0 Å². The van der Waals surface area contributed by atoms with Crippen LogP contribution in [0.3, 0.4) is 0 Å². The van der Waals surface area contributed by atoms with Crippen LogP contribution in [0.1, 0.15) is 0 Å². The summed E-state index contributed by atoms with van der Waals surface area (Å²) < 4.78 is 0. The van der Waals surface area contributed by atoms with Crippen molar-refractivity contribution in [3.8, 4) is 0 Å². The zero-order valence-corrected chi connectivity index (χ0v) is 27.9. The standard InChI is InChI=1S/7BCl3/c7*2-1(3)4. The Hall–Kier alpha value is 6.54. The Morgan fingerprint density at radius 3 is 0.143 bits per heavy atom. The quantitative estimate of drug-likeness (QED) is 0.214. The van der Waals surface area contributed by atoms with E-state index < -0.39 is 34.7 Å². The summed E-state index contributed by atoms with van der Waals surface area (Å²) in [5.74, 6) is 0. The van der Waals surface area contributed by atoms with E-state index in [2.05, 4.69) is 0 Å². The summed E-state index contributed by atoms with van der Waals surface area (Å²) >= 11 is 101. The van der Waals surface area contributed by atoms with Gasteiger partial charge in [0.1, 0.15) is 0 Å². The fourth-order valence-corrected chi connectivity index (χ4v) is 0. The van der Waals surface area contributed by atoms with Gasteiger partial charge in [0, 0.05) is 0 Å². The molecule has 0 fully saturated rings. The second-order valence-corrected chi connectivity index (χ2v) is 15.6. The van der Waals surface area contributed by atoms with E-state index in [9.17, 15) is 0 Å². The molecule has 0 saturated heterocycles. The molecule has 0 nitrogen and oxygen atoms in total. The Morgan fingerprint density at radius 2 is 0.143 bits per heavy atom. The molecule has 0 aliphatic heterocycles. The van der Waals surface area contributed by atoms with Crippen LogP contribution in [0.5, 0.6) is 0 Å². The molecule has 0 atom stereocenters. The lowest BCUT2D eigenvalue weighted by atomic mass is 10.7. The number of halogens is 21. The maximum atomic E-state index is 4.81. The van der Waals surface area contributed by atoms with Gasteiger partial charge in [-0.15, -0.1) is 0 Å². The van der Waals surface area contributed by atoms with Crippen molar-refractivity contribution in [2.45, 2.75) is 0 Å². The minimum Gasteiger partial charge on any atom is -0.150 e. The van der Waals surface area contributed by atoms with Gasteiger partial charge in [-0.1, -0.05) is 0 Å². The van der Waals surface area contributed by atoms with Crippen LogP contribution in [0.2, 0.25) is 0 Å². The molecule has 0 spiro atoms. The maximum Gasteiger partial charge on any atom is 0.450 e. The third kappa shape index (κ3) is 756. The van der Waals surface area contributed by atoms with E-state index >= 15 is 0 Å². The van der Waals surface area contributed by atoms with Gasteiger partial charge in [0.25, 0.3) is 0 Å². The van der Waals surface area contributed by atoms with Crippen molar-refractivity contribution in [3.63, 3.8) is 0 Å². The average molecular weight is 820 g/mol. The summed E-state index contributed by atoms with van der Waals surface area (Å²) in [5.41, 5.74) is 0. The predicted molar refractivity (Wildman–Crippen MR) is 163 cm³/mol. The third-order valence-electron chi connectivity index (χ3n) is 0. The van der Waals surface area contributed by atoms with Crippen LogP contribution in [0.25, 0.3) is 0 Å². The molecular weight excluding hydrogens is 820 g/mol. The first-order valence-corrected chi connectivity index (χ1v) is 13.7. The molecule has 0 N–H and O–H groups in total. The van der Waals surface area contributed by atoms with Crippen molar-refractivity contribution < 1.29 is 0 Å². The van der Waals surface area contributed by atoms with Crippen molar-refractivity contribution in [1.29, 1.82) is 0 Å². The molecule has 168 valence electrons. The summed E-state index contributed by atoms with van der Waals surface area (Å²) in [4.78, 5) is -5.25. The van der Waals surface area contributed by atoms with Crippen LogP contribution in [-0.2, 0) is 0 Å². The topological polar surface area (TPSA) is 0 Å². The number of hydrogen-bond acceptors (Lipinski definition) is 0. The average Bonchev–Trinajstić information content (AvgIpc) is 2.20. The van der Waals surface area contributed by atoms with Crippen molar-refractivity contribution >= 4 is 275 Å². The normalized spacial score (nSPS) is 6.75. The lowest BCUT2D eigenvalue weighted by Gasteiger charge is -1.61. The lowest BCUT2D eigenvalue weighted by molar-refractivity contribution is 4.07. The molecule has 0 amide bonds. The fourth-order valence-electron chi connectivity index (χ4n) is 0. The first-order valence-electron chi connectivity index (χ1n) is 4.58. The summed E-state index contributed by atoms with van der Waals surface area (Å²) in [6.45, 7) is 0. The van der Waals surface area contributed by atoms with Gasteiger partial charge in [-0.3, -0.25) is 0 Å². The van der Waals surface area contributed by atoms with Gasteiger partial charge in [-0.2, -0.15) is 241 Å². The Morgan fingerprint density at radius 1 is 0.143 bits per heavy atom. The minimum absolute atomic E-state index is 0.750. The van der Waals surface area contributed by atoms with Crippen LogP contribution in [0, 0.1) is 0 Å². The van der Waals surface area contributed by atoms with Crippen LogP contribution < -0.4 is 0 Å². The third-order valence-corrected chi connectivity index (χ3v) is 0. The predicted octanol–water partition coefficient (Wildman–Crippen LogP) is 11.8. The van der Waals surface area contributed by atoms with Crippen LogP contribution >= 0.6 is 241 Å². The molecule has 0 aliphatic carbocycles. The Bertz CT molecular complexity index is 115. The van der Waals surface area contributed by atoms with Gasteiger partial charge < -0.3 is 0 Å². The lowest BCUT2D eigenvalue weighted by Crippen LogP contribution is -1.66. The van der Waals surface area contributed by atoms with Gasteiger partial charge in [0.05, 0.1) is 0 Å². The van der Waals surface area contributed by atoms with Gasteiger partial charge in [0.2, 0.25) is 0 Å². The van der Waals surface area contributed by atoms with E-state index in [1.807, 2.05) is 0 Å². The van der Waals surface area contributed by atoms with E-state index in [1.165, 1.54) is 0 Å². The van der Waals surface area contributed by atoms with Crippen LogP contribution in [0.15, 0.2) is 0 Å². The highest BCUT2D eigenvalue weighted by Crippen LogP contribution is 1.99. The largest absolute Gasteiger partial charge is 0.450 e. The maximum absolute atomic E-state index is 4.81. The molecule has 0 aromatic rings. The summed E-state index contributed by atoms with van der Waals surface area (Å²) in [6.07, 6.45) is 0. The number of hydrogen-bond donors (Lipinski definition) is 0. The summed E-state index contributed by atoms with van der Waals surface area (Å²) in [6, 6.07) is 0. The second kappa shape index (κ2) is 46.8. The van der Waals surface area contributed by atoms with E-state index in [1.54, 1.807) is 0 Å². The smallest absolute Gasteiger partial charge is 0.150 e. The first-order chi connectivity index (χ1) is 12.1. The van der Waals surface area contributed by atoms with Crippen LogP contribution in [-0.4, -0.2) is 34.7 Å². The minimum atomic E-state index is -0.750. The van der Waals surface area contributed by atoms with Crippen molar-refractivity contribution in [2.75, 3.05) is 0 Å². The summed E-state index contributed by atoms with van der Waals surface area (Å²) in [5, 5.41) is 0. The highest BCUT2D eigenvalue weighted by atomic mass is 35.6. The first kappa shape index (κ1) is 51.2. The van der Waals surface area contributed by atoms with Gasteiger partial charge >= 0.3 is 34.7 Å². The molecule has 28 heteroatoms. The molecule has 0 heterocycles. The Kier molecular flexibility index (Phi) is 85.7. The van der Waals surface area contributed by atoms with Gasteiger partial charge in [-0.05, 0) is 0 Å². The monoisotopic (exact) mass is 811 g/mol. The Labute approximate surface area is 271 Å². The van der Waals surface area contributed by atoms with E-state index in [0.717, 1.165) is 0 Å². The zero-order valence-electron chi connectivity index (χ0n) is 12.0. The molecule has 0 radical (unpaired) electrons. The van der Waals surface area contributed by atoms with Gasteiger partial charge in [0.15, 0.2) is 0 Å². The van der Waals surface area contributed by atoms with E-state index in [4.69, 9.17) is 241 Å². The van der Waals surface area contributed by atoms with Crippen molar-refractivity contribution in [1.82, 2.24) is 0 Å². The highest BCUT2D eigenvalue weighted by Gasteiger charge is 1.93. The van der Waals surface area contributed by atoms with E-state index in [-0.39, 0.29) is 0 Å². The van der Waals surface area contributed by atoms with Crippen molar-refractivity contribution in [3.05, 3.63) is 0 Å². The SMILES string of the molecule is ClB(Cl)Cl.ClB(Cl)Cl.ClB(Cl)Cl.ClB(Cl)Cl.ClB(Cl)Cl.ClB(Cl)Cl.ClB(Cl)Cl. The molecule has 0 rings (SSSR count). The second-order valence-electron chi connectivity index (χ2n) is 1.73. The van der Waals surface area contributed by atoms with Gasteiger partial charge in [-0.25, -0.2) is 0 Å². The summed E-state index contributed by atoms with van der Waals surface area (Å²) in [7, 11) is 0. The fraction of sp³-hybridized carbons (Fsp3) is 0. The van der Waals surface area contributed by atoms with E-state index in [0.29, 0.717) is 0 Å². The zero-order chi connectivity index (χ0) is 25.0. The molecule has 0 saturated carbocycles. The molecule has 28 heavy (non-hydrogen) atoms. The highest BCUT2D eigenvalue weighted by molar-refractivity contribution is 7.56. The molecule has 0 bridgehead atoms. The Balaban J connectivity index is -0.0000000367. The molecule has 0 aromatic heterocycles. The molecular formula is B7Cl21. The molecule has 0 unspecified atom stereocenters.